The molecule has 2 N–H and O–H groups in total. The topological polar surface area (TPSA) is 95.6 Å². The van der Waals surface area contributed by atoms with Gasteiger partial charge in [-0.1, -0.05) is 49.4 Å². The maximum atomic E-state index is 13.2. The highest BCUT2D eigenvalue weighted by atomic mass is 19.3. The minimum atomic E-state index is -2.72. The first-order valence-corrected chi connectivity index (χ1v) is 11.3. The van der Waals surface area contributed by atoms with Crippen LogP contribution in [0.1, 0.15) is 42.1 Å². The molecule has 182 valence electrons. The van der Waals surface area contributed by atoms with Crippen LogP contribution < -0.4 is 10.6 Å². The summed E-state index contributed by atoms with van der Waals surface area (Å²) >= 11 is 0. The zero-order valence-electron chi connectivity index (χ0n) is 19.5. The van der Waals surface area contributed by atoms with Crippen LogP contribution in [-0.4, -0.2) is 27.2 Å². The molecule has 0 bridgehead atoms. The smallest absolute Gasteiger partial charge is 0.309 e. The first-order chi connectivity index (χ1) is 17.4. The summed E-state index contributed by atoms with van der Waals surface area (Å²) in [7, 11) is 0. The number of aromatic nitrogens is 3. The Morgan fingerprint density at radius 1 is 1.00 bits per heavy atom. The number of hydrogen-bond donors (Lipinski definition) is 2. The van der Waals surface area contributed by atoms with Crippen molar-refractivity contribution in [2.24, 2.45) is 0 Å². The average Bonchev–Trinajstić information content (AvgIpc) is 3.41. The predicted octanol–water partition coefficient (Wildman–Crippen LogP) is 5.28. The number of pyridine rings is 1. The monoisotopic (exact) mass is 486 g/mol. The number of rotatable bonds is 9. The van der Waals surface area contributed by atoms with E-state index in [1.807, 2.05) is 49.4 Å². The molecule has 9 heteroatoms. The third-order valence-electron chi connectivity index (χ3n) is 5.78. The number of hydrogen-bond acceptors (Lipinski definition) is 5. The summed E-state index contributed by atoms with van der Waals surface area (Å²) in [5.41, 5.74) is 3.57. The highest BCUT2D eigenvalue weighted by Gasteiger charge is 2.22. The number of benzene rings is 2. The molecule has 2 aromatic heterocycles. The van der Waals surface area contributed by atoms with Crippen LogP contribution in [0.25, 0.3) is 11.1 Å². The average molecular weight is 487 g/mol. The fraction of sp³-hybridized carbons (Fsp3) is 0.185. The van der Waals surface area contributed by atoms with Gasteiger partial charge >= 0.3 is 6.55 Å². The van der Waals surface area contributed by atoms with Crippen molar-refractivity contribution in [3.8, 4) is 17.2 Å². The van der Waals surface area contributed by atoms with Gasteiger partial charge in [0.05, 0.1) is 17.8 Å². The van der Waals surface area contributed by atoms with Crippen LogP contribution in [0, 0.1) is 11.3 Å². The fourth-order valence-corrected chi connectivity index (χ4v) is 3.74. The molecule has 2 heterocycles. The molecule has 0 fully saturated rings. The summed E-state index contributed by atoms with van der Waals surface area (Å²) in [5, 5.41) is 18.8. The number of halogens is 2. The molecular weight excluding hydrogens is 462 g/mol. The Bertz CT molecular complexity index is 1330. The van der Waals surface area contributed by atoms with Crippen LogP contribution in [0.3, 0.4) is 0 Å². The first-order valence-electron chi connectivity index (χ1n) is 11.3. The van der Waals surface area contributed by atoms with Crippen LogP contribution in [0.15, 0.2) is 85.3 Å². The summed E-state index contributed by atoms with van der Waals surface area (Å²) in [6.07, 6.45) is 4.08. The Kier molecular flexibility index (Phi) is 7.78. The first kappa shape index (κ1) is 24.7. The normalized spacial score (nSPS) is 12.6. The lowest BCUT2D eigenvalue weighted by Gasteiger charge is -2.21. The van der Waals surface area contributed by atoms with Crippen LogP contribution in [0.4, 0.5) is 14.6 Å². The molecule has 0 aliphatic carbocycles. The molecule has 4 aromatic rings. The molecule has 1 amide bonds. The van der Waals surface area contributed by atoms with Crippen molar-refractivity contribution >= 4 is 11.7 Å². The van der Waals surface area contributed by atoms with E-state index in [1.165, 1.54) is 18.6 Å². The summed E-state index contributed by atoms with van der Waals surface area (Å²) in [4.78, 5) is 17.5. The van der Waals surface area contributed by atoms with E-state index in [-0.39, 0.29) is 11.8 Å². The highest BCUT2D eigenvalue weighted by molar-refractivity contribution is 5.95. The van der Waals surface area contributed by atoms with E-state index >= 15 is 0 Å². The van der Waals surface area contributed by atoms with Gasteiger partial charge < -0.3 is 10.6 Å². The van der Waals surface area contributed by atoms with Crippen molar-refractivity contribution in [1.82, 2.24) is 20.1 Å². The van der Waals surface area contributed by atoms with E-state index < -0.39 is 12.6 Å². The van der Waals surface area contributed by atoms with Crippen molar-refractivity contribution in [2.75, 3.05) is 11.9 Å². The third-order valence-corrected chi connectivity index (χ3v) is 5.78. The lowest BCUT2D eigenvalue weighted by Crippen LogP contribution is -2.35. The minimum absolute atomic E-state index is 0.100. The molecule has 0 aliphatic heterocycles. The number of alkyl halides is 2. The van der Waals surface area contributed by atoms with Crippen LogP contribution in [0.2, 0.25) is 0 Å². The van der Waals surface area contributed by atoms with Crippen molar-refractivity contribution in [2.45, 2.75) is 25.4 Å². The van der Waals surface area contributed by atoms with Gasteiger partial charge in [0.15, 0.2) is 0 Å². The van der Waals surface area contributed by atoms with E-state index in [4.69, 9.17) is 5.26 Å². The second-order valence-corrected chi connectivity index (χ2v) is 8.29. The van der Waals surface area contributed by atoms with Crippen molar-refractivity contribution < 1.29 is 13.6 Å². The molecule has 0 saturated heterocycles. The molecule has 4 rings (SSSR count). The molecular formula is C27H24F2N6O. The highest BCUT2D eigenvalue weighted by Crippen LogP contribution is 2.23. The fourth-order valence-electron chi connectivity index (χ4n) is 3.74. The summed E-state index contributed by atoms with van der Waals surface area (Å²) in [6.45, 7) is -0.142. The molecule has 0 spiro atoms. The quantitative estimate of drug-likeness (QED) is 0.335. The summed E-state index contributed by atoms with van der Waals surface area (Å²) < 4.78 is 26.1. The maximum Gasteiger partial charge on any atom is 0.333 e. The maximum absolute atomic E-state index is 13.2. The second-order valence-electron chi connectivity index (χ2n) is 8.29. The second kappa shape index (κ2) is 11.3. The molecule has 0 saturated carbocycles. The van der Waals surface area contributed by atoms with Gasteiger partial charge in [-0.3, -0.25) is 4.79 Å². The van der Waals surface area contributed by atoms with Gasteiger partial charge in [0.25, 0.3) is 0 Å². The molecule has 1 unspecified atom stereocenters. The largest absolute Gasteiger partial charge is 0.333 e. The van der Waals surface area contributed by atoms with Crippen molar-refractivity contribution in [3.05, 3.63) is 102 Å². The van der Waals surface area contributed by atoms with Crippen molar-refractivity contribution in [3.63, 3.8) is 0 Å². The SMILES string of the molecule is C[C@@H](CNC(C(=O)Nc1ccc(-c2cnn(C(F)F)c2)cn1)c1ccccc1)c1ccc(C#N)cc1. The molecule has 36 heavy (non-hydrogen) atoms. The van der Waals surface area contributed by atoms with Gasteiger partial charge in [0.2, 0.25) is 5.91 Å². The Morgan fingerprint density at radius 2 is 1.75 bits per heavy atom. The van der Waals surface area contributed by atoms with Gasteiger partial charge in [-0.15, -0.1) is 0 Å². The third kappa shape index (κ3) is 5.98. The number of nitriles is 1. The minimum Gasteiger partial charge on any atom is -0.309 e. The number of nitrogens with zero attached hydrogens (tertiary/aromatic N) is 4. The Morgan fingerprint density at radius 3 is 2.36 bits per heavy atom. The van der Waals surface area contributed by atoms with E-state index in [9.17, 15) is 13.6 Å². The number of carbonyl (C=O) groups excluding carboxylic acids is 1. The van der Waals surface area contributed by atoms with Crippen LogP contribution in [-0.2, 0) is 4.79 Å². The lowest BCUT2D eigenvalue weighted by atomic mass is 9.98. The molecule has 2 aromatic carbocycles. The van der Waals surface area contributed by atoms with E-state index in [1.54, 1.807) is 24.3 Å². The summed E-state index contributed by atoms with van der Waals surface area (Å²) in [6, 6.07) is 21.6. The van der Waals surface area contributed by atoms with Crippen LogP contribution >= 0.6 is 0 Å². The number of amides is 1. The van der Waals surface area contributed by atoms with Gasteiger partial charge in [-0.25, -0.2) is 9.67 Å². The zero-order valence-corrected chi connectivity index (χ0v) is 19.5. The molecule has 0 aliphatic rings. The molecule has 7 nitrogen and oxygen atoms in total. The van der Waals surface area contributed by atoms with Gasteiger partial charge in [-0.05, 0) is 41.3 Å². The zero-order chi connectivity index (χ0) is 25.5. The number of nitrogens with one attached hydrogen (secondary N) is 2. The molecule has 2 atom stereocenters. The van der Waals surface area contributed by atoms with Crippen LogP contribution in [0.5, 0.6) is 0 Å². The summed E-state index contributed by atoms with van der Waals surface area (Å²) in [5.74, 6) is 0.162. The number of carbonyl (C=O) groups is 1. The number of anilines is 1. The standard InChI is InChI=1S/C27H24F2N6O/c1-18(20-9-7-19(13-30)8-10-20)14-32-25(21-5-3-2-4-6-21)26(36)34-24-12-11-22(15-31-24)23-16-33-35(17-23)27(28)29/h2-12,15-18,25,27,32H,14H2,1H3,(H,31,34,36)/t18-,25?/m0/s1. The van der Waals surface area contributed by atoms with Gasteiger partial charge in [0.1, 0.15) is 11.9 Å². The van der Waals surface area contributed by atoms with E-state index in [0.29, 0.717) is 33.7 Å². The van der Waals surface area contributed by atoms with E-state index in [2.05, 4.69) is 26.8 Å². The Hall–Kier alpha value is -4.42. The van der Waals surface area contributed by atoms with Gasteiger partial charge in [-0.2, -0.15) is 19.1 Å². The lowest BCUT2D eigenvalue weighted by molar-refractivity contribution is -0.118. The molecule has 0 radical (unpaired) electrons. The van der Waals surface area contributed by atoms with E-state index in [0.717, 1.165) is 11.1 Å². The Labute approximate surface area is 207 Å². The predicted molar refractivity (Wildman–Crippen MR) is 132 cm³/mol. The van der Waals surface area contributed by atoms with Crippen molar-refractivity contribution in [1.29, 1.82) is 5.26 Å². The Balaban J connectivity index is 1.45. The van der Waals surface area contributed by atoms with Gasteiger partial charge in [0, 0.05) is 30.1 Å².